The lowest BCUT2D eigenvalue weighted by Crippen LogP contribution is -2.53. The van der Waals surface area contributed by atoms with Gasteiger partial charge in [-0.3, -0.25) is 19.3 Å². The number of hydrogen-bond acceptors (Lipinski definition) is 5. The van der Waals surface area contributed by atoms with Crippen LogP contribution in [0.1, 0.15) is 52.6 Å². The number of thioether (sulfide) groups is 1. The van der Waals surface area contributed by atoms with Crippen LogP contribution in [0.2, 0.25) is 0 Å². The average molecular weight is 563 g/mol. The topological polar surface area (TPSA) is 65.9 Å². The third-order valence-electron chi connectivity index (χ3n) is 6.74. The van der Waals surface area contributed by atoms with Gasteiger partial charge < -0.3 is 14.4 Å². The van der Waals surface area contributed by atoms with E-state index in [1.54, 1.807) is 38.0 Å². The summed E-state index contributed by atoms with van der Waals surface area (Å²) in [4.78, 5) is 44.4. The zero-order valence-electron chi connectivity index (χ0n) is 24.8. The lowest BCUT2D eigenvalue weighted by Gasteiger charge is -2.40. The van der Waals surface area contributed by atoms with Gasteiger partial charge in [0.25, 0.3) is 11.8 Å². The highest BCUT2D eigenvalue weighted by Crippen LogP contribution is 2.27. The van der Waals surface area contributed by atoms with Crippen molar-refractivity contribution in [2.45, 2.75) is 46.2 Å². The minimum absolute atomic E-state index is 0.0362. The van der Waals surface area contributed by atoms with Gasteiger partial charge in [0.2, 0.25) is 5.78 Å². The standard InChI is InChI=1S/C28H34N4O3S.C2H6.C2H2/c1-19-6-8-21(9-7-19)16-30-12-13-32(20(2)15-30)27(34)24-17-31(18-36-5)25-11-10-22(14-23(24)25)26(33)28(35)29(3)4;2*1-2/h6-11,14,17,20H,12-13,15-16,18H2,1-5H3;1-2H3;1-2H/t20-;;/m1../s1. The zero-order chi connectivity index (χ0) is 30.0. The van der Waals surface area contributed by atoms with Gasteiger partial charge in [0.1, 0.15) is 0 Å². The molecule has 40 heavy (non-hydrogen) atoms. The molecule has 1 atom stereocenters. The monoisotopic (exact) mass is 562 g/mol. The van der Waals surface area contributed by atoms with Crippen molar-refractivity contribution in [3.05, 3.63) is 70.9 Å². The molecule has 1 aliphatic heterocycles. The number of rotatable bonds is 7. The van der Waals surface area contributed by atoms with Crippen LogP contribution >= 0.6 is 11.8 Å². The van der Waals surface area contributed by atoms with E-state index in [4.69, 9.17) is 0 Å². The first-order valence-electron chi connectivity index (χ1n) is 13.5. The molecule has 0 bridgehead atoms. The number of benzene rings is 2. The number of fused-ring (bicyclic) bond motifs is 1. The number of carbonyl (C=O) groups is 3. The van der Waals surface area contributed by atoms with Crippen LogP contribution in [-0.4, -0.2) is 82.9 Å². The molecule has 4 rings (SSSR count). The van der Waals surface area contributed by atoms with Crippen molar-refractivity contribution in [3.63, 3.8) is 0 Å². The van der Waals surface area contributed by atoms with Crippen LogP contribution in [0.15, 0.2) is 48.7 Å². The summed E-state index contributed by atoms with van der Waals surface area (Å²) in [5, 5.41) is 0.709. The Labute approximate surface area is 243 Å². The maximum atomic E-state index is 13.8. The van der Waals surface area contributed by atoms with Crippen molar-refractivity contribution in [3.8, 4) is 12.8 Å². The summed E-state index contributed by atoms with van der Waals surface area (Å²) >= 11 is 1.66. The number of aryl methyl sites for hydroxylation is 1. The molecule has 0 radical (unpaired) electrons. The molecule has 3 aromatic rings. The highest BCUT2D eigenvalue weighted by atomic mass is 32.2. The van der Waals surface area contributed by atoms with Crippen molar-refractivity contribution in [1.29, 1.82) is 0 Å². The van der Waals surface area contributed by atoms with Crippen LogP contribution < -0.4 is 0 Å². The van der Waals surface area contributed by atoms with Crippen LogP contribution in [0, 0.1) is 19.8 Å². The number of hydrogen-bond donors (Lipinski definition) is 0. The van der Waals surface area contributed by atoms with E-state index in [1.807, 2.05) is 41.8 Å². The Kier molecular flexibility index (Phi) is 12.5. The Hall–Kier alpha value is -3.54. The molecule has 2 aromatic carbocycles. The smallest absolute Gasteiger partial charge is 0.294 e. The maximum absolute atomic E-state index is 13.8. The lowest BCUT2D eigenvalue weighted by molar-refractivity contribution is -0.124. The Morgan fingerprint density at radius 1 is 1.02 bits per heavy atom. The molecular weight excluding hydrogens is 520 g/mol. The summed E-state index contributed by atoms with van der Waals surface area (Å²) in [6, 6.07) is 13.8. The second-order valence-electron chi connectivity index (χ2n) is 9.76. The molecule has 214 valence electrons. The lowest BCUT2D eigenvalue weighted by atomic mass is 10.0. The molecule has 1 saturated heterocycles. The van der Waals surface area contributed by atoms with Crippen molar-refractivity contribution in [1.82, 2.24) is 19.3 Å². The van der Waals surface area contributed by atoms with Crippen molar-refractivity contribution in [2.24, 2.45) is 0 Å². The van der Waals surface area contributed by atoms with Crippen LogP contribution in [0.5, 0.6) is 0 Å². The van der Waals surface area contributed by atoms with E-state index in [9.17, 15) is 14.4 Å². The first-order valence-corrected chi connectivity index (χ1v) is 14.9. The van der Waals surface area contributed by atoms with Crippen molar-refractivity contribution in [2.75, 3.05) is 40.0 Å². The fourth-order valence-corrected chi connectivity index (χ4v) is 5.26. The van der Waals surface area contributed by atoms with Gasteiger partial charge in [0, 0.05) is 69.0 Å². The van der Waals surface area contributed by atoms with E-state index in [0.717, 1.165) is 25.2 Å². The van der Waals surface area contributed by atoms with Gasteiger partial charge in [-0.1, -0.05) is 43.7 Å². The van der Waals surface area contributed by atoms with Gasteiger partial charge in [0.15, 0.2) is 0 Å². The summed E-state index contributed by atoms with van der Waals surface area (Å²) in [6.45, 7) is 11.3. The molecule has 7 nitrogen and oxygen atoms in total. The van der Waals surface area contributed by atoms with Crippen molar-refractivity contribution >= 4 is 40.3 Å². The summed E-state index contributed by atoms with van der Waals surface area (Å²) < 4.78 is 2.04. The van der Waals surface area contributed by atoms with Gasteiger partial charge in [-0.15, -0.1) is 24.6 Å². The highest BCUT2D eigenvalue weighted by molar-refractivity contribution is 7.97. The summed E-state index contributed by atoms with van der Waals surface area (Å²) in [7, 11) is 3.12. The highest BCUT2D eigenvalue weighted by Gasteiger charge is 2.30. The normalized spacial score (nSPS) is 14.9. The number of amides is 2. The number of carbonyl (C=O) groups excluding carboxylic acids is 3. The van der Waals surface area contributed by atoms with E-state index >= 15 is 0 Å². The minimum atomic E-state index is -0.580. The van der Waals surface area contributed by atoms with Crippen LogP contribution in [0.4, 0.5) is 0 Å². The Morgan fingerprint density at radius 2 is 1.68 bits per heavy atom. The molecule has 8 heteroatoms. The third-order valence-corrected chi connectivity index (χ3v) is 7.28. The first kappa shape index (κ1) is 32.7. The average Bonchev–Trinajstić information content (AvgIpc) is 3.33. The van der Waals surface area contributed by atoms with Crippen LogP contribution in [0.3, 0.4) is 0 Å². The van der Waals surface area contributed by atoms with Gasteiger partial charge in [0.05, 0.1) is 11.4 Å². The van der Waals surface area contributed by atoms with Gasteiger partial charge in [-0.2, -0.15) is 0 Å². The second kappa shape index (κ2) is 15.3. The number of ketones is 1. The van der Waals surface area contributed by atoms with E-state index < -0.39 is 11.7 Å². The van der Waals surface area contributed by atoms with Gasteiger partial charge in [-0.25, -0.2) is 0 Å². The molecule has 0 N–H and O–H groups in total. The summed E-state index contributed by atoms with van der Waals surface area (Å²) in [6.07, 6.45) is 11.9. The zero-order valence-corrected chi connectivity index (χ0v) is 25.6. The van der Waals surface area contributed by atoms with E-state index in [-0.39, 0.29) is 11.9 Å². The molecule has 0 unspecified atom stereocenters. The number of terminal acetylenes is 1. The number of piperazine rings is 1. The SMILES string of the molecule is C#C.CC.CSCn1cc(C(=O)N2CCN(Cc3ccc(C)cc3)C[C@H]2C)c2cc(C(=O)C(=O)N(C)C)ccc21. The molecule has 1 aromatic heterocycles. The molecule has 0 spiro atoms. The molecule has 0 aliphatic carbocycles. The molecule has 0 saturated carbocycles. The van der Waals surface area contributed by atoms with E-state index in [0.29, 0.717) is 28.9 Å². The van der Waals surface area contributed by atoms with Gasteiger partial charge in [-0.05, 0) is 43.9 Å². The van der Waals surface area contributed by atoms with E-state index in [1.165, 1.54) is 16.0 Å². The largest absolute Gasteiger partial charge is 0.342 e. The number of aromatic nitrogens is 1. The van der Waals surface area contributed by atoms with Crippen LogP contribution in [-0.2, 0) is 17.2 Å². The minimum Gasteiger partial charge on any atom is -0.342 e. The fraction of sp³-hybridized carbons (Fsp3) is 0.406. The molecule has 2 amide bonds. The quantitative estimate of drug-likeness (QED) is 0.226. The Bertz CT molecular complexity index is 1330. The molecular formula is C32H42N4O3S. The predicted octanol–water partition coefficient (Wildman–Crippen LogP) is 5.16. The Balaban J connectivity index is 0.00000134. The number of Topliss-reactive ketones (excluding diaryl/α,β-unsaturated/α-hetero) is 1. The molecule has 1 fully saturated rings. The third kappa shape index (κ3) is 7.56. The van der Waals surface area contributed by atoms with Crippen molar-refractivity contribution < 1.29 is 14.4 Å². The second-order valence-corrected chi connectivity index (χ2v) is 10.6. The fourth-order valence-electron chi connectivity index (χ4n) is 4.77. The van der Waals surface area contributed by atoms with Crippen LogP contribution in [0.25, 0.3) is 10.9 Å². The van der Waals surface area contributed by atoms with E-state index in [2.05, 4.69) is 55.9 Å². The Morgan fingerprint density at radius 3 is 2.25 bits per heavy atom. The molecule has 1 aliphatic rings. The molecule has 2 heterocycles. The first-order chi connectivity index (χ1) is 19.2. The summed E-state index contributed by atoms with van der Waals surface area (Å²) in [5.41, 5.74) is 4.28. The van der Waals surface area contributed by atoms with Gasteiger partial charge >= 0.3 is 0 Å². The number of likely N-dealkylation sites (N-methyl/N-ethyl adjacent to an activating group) is 1. The summed E-state index contributed by atoms with van der Waals surface area (Å²) in [5.74, 6) is -0.501. The maximum Gasteiger partial charge on any atom is 0.294 e. The predicted molar refractivity (Wildman–Crippen MR) is 167 cm³/mol. The number of nitrogens with zero attached hydrogens (tertiary/aromatic N) is 4.